The molecular weight excluding hydrogens is 408 g/mol. The summed E-state index contributed by atoms with van der Waals surface area (Å²) in [5, 5.41) is 3.66. The maximum absolute atomic E-state index is 12.3. The van der Waals surface area contributed by atoms with E-state index in [0.29, 0.717) is 24.5 Å². The molecule has 0 aliphatic heterocycles. The predicted octanol–water partition coefficient (Wildman–Crippen LogP) is 5.08. The van der Waals surface area contributed by atoms with Crippen LogP contribution in [-0.4, -0.2) is 20.4 Å². The largest absolute Gasteiger partial charge is 0.352 e. The van der Waals surface area contributed by atoms with Crippen molar-refractivity contribution in [3.63, 3.8) is 0 Å². The first-order valence-electron chi connectivity index (χ1n) is 10.5. The van der Waals surface area contributed by atoms with Gasteiger partial charge in [-0.25, -0.2) is 9.97 Å². The number of benzene rings is 2. The van der Waals surface area contributed by atoms with E-state index in [1.165, 1.54) is 11.1 Å². The van der Waals surface area contributed by atoms with Gasteiger partial charge in [-0.2, -0.15) is 0 Å². The summed E-state index contributed by atoms with van der Waals surface area (Å²) < 4.78 is 2.16. The molecule has 2 aromatic carbocycles. The van der Waals surface area contributed by atoms with E-state index in [1.807, 2.05) is 36.4 Å². The zero-order valence-electron chi connectivity index (χ0n) is 17.5. The van der Waals surface area contributed by atoms with Crippen molar-refractivity contribution in [3.05, 3.63) is 94.4 Å². The van der Waals surface area contributed by atoms with Crippen molar-refractivity contribution < 1.29 is 4.79 Å². The van der Waals surface area contributed by atoms with E-state index in [-0.39, 0.29) is 5.91 Å². The number of carbonyl (C=O) groups is 1. The lowest BCUT2D eigenvalue weighted by molar-refractivity contribution is -0.121. The number of hydrogen-bond acceptors (Lipinski definition) is 3. The average molecular weight is 433 g/mol. The zero-order valence-corrected chi connectivity index (χ0v) is 18.3. The minimum atomic E-state index is 0.0364. The number of aromatic nitrogens is 3. The van der Waals surface area contributed by atoms with Crippen LogP contribution >= 0.6 is 11.6 Å². The van der Waals surface area contributed by atoms with Crippen LogP contribution in [0.15, 0.2) is 66.9 Å². The highest BCUT2D eigenvalue weighted by atomic mass is 35.5. The molecule has 4 rings (SSSR count). The van der Waals surface area contributed by atoms with Crippen LogP contribution < -0.4 is 5.32 Å². The number of nitrogens with one attached hydrogen (secondary N) is 1. The lowest BCUT2D eigenvalue weighted by atomic mass is 10.1. The molecule has 2 aromatic heterocycles. The number of nitrogens with zero attached hydrogens (tertiary/aromatic N) is 3. The molecule has 0 bridgehead atoms. The number of hydrogen-bond donors (Lipinski definition) is 1. The summed E-state index contributed by atoms with van der Waals surface area (Å²) in [4.78, 5) is 21.6. The maximum atomic E-state index is 12.3. The minimum Gasteiger partial charge on any atom is -0.352 e. The Balaban J connectivity index is 1.39. The highest BCUT2D eigenvalue weighted by molar-refractivity contribution is 6.30. The standard InChI is InChI=1S/C25H25ClN4O/c1-18-7-9-20(10-8-18)17-30-23(29-22-4-3-15-27-25(22)30)5-2-6-24(31)28-16-19-11-13-21(26)14-12-19/h3-4,7-15H,2,5-6,16-17H2,1H3,(H,28,31). The minimum absolute atomic E-state index is 0.0364. The van der Waals surface area contributed by atoms with Gasteiger partial charge in [0.1, 0.15) is 11.3 Å². The Labute approximate surface area is 187 Å². The van der Waals surface area contributed by atoms with Gasteiger partial charge in [-0.1, -0.05) is 53.6 Å². The van der Waals surface area contributed by atoms with Crippen LogP contribution in [0.4, 0.5) is 0 Å². The Morgan fingerprint density at radius 3 is 2.55 bits per heavy atom. The van der Waals surface area contributed by atoms with Crippen LogP contribution in [-0.2, 0) is 24.3 Å². The van der Waals surface area contributed by atoms with E-state index in [9.17, 15) is 4.79 Å². The number of aryl methyl sites for hydroxylation is 2. The molecule has 0 radical (unpaired) electrons. The van der Waals surface area contributed by atoms with Crippen LogP contribution in [0.5, 0.6) is 0 Å². The van der Waals surface area contributed by atoms with Gasteiger partial charge in [0.2, 0.25) is 5.91 Å². The van der Waals surface area contributed by atoms with Crippen LogP contribution in [0, 0.1) is 6.92 Å². The molecule has 0 atom stereocenters. The zero-order chi connectivity index (χ0) is 21.6. The normalized spacial score (nSPS) is 11.0. The van der Waals surface area contributed by atoms with Crippen molar-refractivity contribution in [2.24, 2.45) is 0 Å². The highest BCUT2D eigenvalue weighted by Gasteiger charge is 2.13. The summed E-state index contributed by atoms with van der Waals surface area (Å²) in [6.45, 7) is 3.30. The molecule has 0 saturated carbocycles. The van der Waals surface area contributed by atoms with Gasteiger partial charge in [0.05, 0.1) is 6.54 Å². The molecule has 158 valence electrons. The van der Waals surface area contributed by atoms with Gasteiger partial charge < -0.3 is 9.88 Å². The first-order valence-corrected chi connectivity index (χ1v) is 10.8. The first-order chi connectivity index (χ1) is 15.1. The molecule has 1 amide bonds. The van der Waals surface area contributed by atoms with Gasteiger partial charge >= 0.3 is 0 Å². The van der Waals surface area contributed by atoms with E-state index >= 15 is 0 Å². The molecule has 4 aromatic rings. The predicted molar refractivity (Wildman–Crippen MR) is 124 cm³/mol. The highest BCUT2D eigenvalue weighted by Crippen LogP contribution is 2.18. The second kappa shape index (κ2) is 9.75. The first kappa shape index (κ1) is 21.1. The second-order valence-electron chi connectivity index (χ2n) is 7.70. The van der Waals surface area contributed by atoms with Crippen molar-refractivity contribution in [1.29, 1.82) is 0 Å². The number of halogens is 1. The van der Waals surface area contributed by atoms with Crippen molar-refractivity contribution >= 4 is 28.7 Å². The van der Waals surface area contributed by atoms with E-state index in [4.69, 9.17) is 16.6 Å². The molecule has 0 aliphatic rings. The molecule has 0 aliphatic carbocycles. The Morgan fingerprint density at radius 2 is 1.77 bits per heavy atom. The third-order valence-corrected chi connectivity index (χ3v) is 5.50. The summed E-state index contributed by atoms with van der Waals surface area (Å²) >= 11 is 5.90. The van der Waals surface area contributed by atoms with Gasteiger partial charge in [-0.15, -0.1) is 0 Å². The topological polar surface area (TPSA) is 59.8 Å². The Morgan fingerprint density at radius 1 is 1.03 bits per heavy atom. The molecule has 0 fully saturated rings. The van der Waals surface area contributed by atoms with E-state index < -0.39 is 0 Å². The van der Waals surface area contributed by atoms with Gasteiger partial charge in [0.25, 0.3) is 0 Å². The Kier molecular flexibility index (Phi) is 6.63. The summed E-state index contributed by atoms with van der Waals surface area (Å²) in [6, 6.07) is 19.9. The fourth-order valence-corrected chi connectivity index (χ4v) is 3.66. The monoisotopic (exact) mass is 432 g/mol. The smallest absolute Gasteiger partial charge is 0.220 e. The van der Waals surface area contributed by atoms with Crippen LogP contribution in [0.1, 0.15) is 35.4 Å². The fourth-order valence-electron chi connectivity index (χ4n) is 3.54. The SMILES string of the molecule is Cc1ccc(Cn2c(CCCC(=O)NCc3ccc(Cl)cc3)nc3cccnc32)cc1. The molecule has 0 spiro atoms. The average Bonchev–Trinajstić information content (AvgIpc) is 3.12. The quantitative estimate of drug-likeness (QED) is 0.422. The molecule has 0 unspecified atom stereocenters. The Hall–Kier alpha value is -3.18. The number of pyridine rings is 1. The van der Waals surface area contributed by atoms with Crippen LogP contribution in [0.25, 0.3) is 11.2 Å². The molecule has 2 heterocycles. The van der Waals surface area contributed by atoms with Gasteiger partial charge in [-0.3, -0.25) is 4.79 Å². The molecule has 31 heavy (non-hydrogen) atoms. The number of carbonyl (C=O) groups excluding carboxylic acids is 1. The van der Waals surface area contributed by atoms with Gasteiger partial charge in [0.15, 0.2) is 5.65 Å². The summed E-state index contributed by atoms with van der Waals surface area (Å²) in [5.74, 6) is 0.994. The third kappa shape index (κ3) is 5.50. The van der Waals surface area contributed by atoms with E-state index in [0.717, 1.165) is 35.4 Å². The maximum Gasteiger partial charge on any atom is 0.220 e. The Bertz CT molecular complexity index is 1170. The third-order valence-electron chi connectivity index (χ3n) is 5.25. The van der Waals surface area contributed by atoms with Crippen molar-refractivity contribution in [2.75, 3.05) is 0 Å². The van der Waals surface area contributed by atoms with Crippen molar-refractivity contribution in [2.45, 2.75) is 39.3 Å². The van der Waals surface area contributed by atoms with Crippen molar-refractivity contribution in [1.82, 2.24) is 19.9 Å². The number of imidazole rings is 1. The summed E-state index contributed by atoms with van der Waals surface area (Å²) in [7, 11) is 0. The fraction of sp³-hybridized carbons (Fsp3) is 0.240. The van der Waals surface area contributed by atoms with Gasteiger partial charge in [0, 0.05) is 30.6 Å². The molecule has 1 N–H and O–H groups in total. The van der Waals surface area contributed by atoms with Crippen LogP contribution in [0.2, 0.25) is 5.02 Å². The number of fused-ring (bicyclic) bond motifs is 1. The lowest BCUT2D eigenvalue weighted by Gasteiger charge is -2.10. The number of rotatable bonds is 8. The summed E-state index contributed by atoms with van der Waals surface area (Å²) in [6.07, 6.45) is 3.69. The number of amides is 1. The molecule has 6 heteroatoms. The molecular formula is C25H25ClN4O. The second-order valence-corrected chi connectivity index (χ2v) is 8.14. The van der Waals surface area contributed by atoms with Crippen LogP contribution in [0.3, 0.4) is 0 Å². The lowest BCUT2D eigenvalue weighted by Crippen LogP contribution is -2.22. The van der Waals surface area contributed by atoms with E-state index in [2.05, 4.69) is 46.1 Å². The molecule has 0 saturated heterocycles. The van der Waals surface area contributed by atoms with Gasteiger partial charge in [-0.05, 0) is 48.7 Å². The van der Waals surface area contributed by atoms with E-state index in [1.54, 1.807) is 6.20 Å². The molecule has 5 nitrogen and oxygen atoms in total. The summed E-state index contributed by atoms with van der Waals surface area (Å²) in [5.41, 5.74) is 5.24. The van der Waals surface area contributed by atoms with Crippen molar-refractivity contribution in [3.8, 4) is 0 Å².